The van der Waals surface area contributed by atoms with Gasteiger partial charge in [-0.3, -0.25) is 4.79 Å². The van der Waals surface area contributed by atoms with Crippen LogP contribution >= 0.6 is 0 Å². The lowest BCUT2D eigenvalue weighted by Crippen LogP contribution is -2.45. The maximum atomic E-state index is 12.5. The Morgan fingerprint density at radius 1 is 0.366 bits per heavy atom. The summed E-state index contributed by atoms with van der Waals surface area (Å²) in [7, 11) is 0. The number of rotatable bonds is 58. The molecule has 0 aliphatic rings. The first-order valence-electron chi connectivity index (χ1n) is 31.6. The van der Waals surface area contributed by atoms with Crippen LogP contribution in [0.25, 0.3) is 0 Å². The zero-order chi connectivity index (χ0) is 51.4. The highest BCUT2D eigenvalue weighted by Gasteiger charge is 2.20. The molecule has 0 aromatic carbocycles. The SMILES string of the molecule is CCCCCCCCCCC/C=C/CC/C=C/CC/C=C/C(O)C(CO)NC(=O)CC(O)CCCCCCCCCCCCCCCCC/C=C\C/C=C\CCCCCCCCCCCCCCCCC. The Balaban J connectivity index is 3.54. The number of carbonyl (C=O) groups excluding carboxylic acids is 1. The van der Waals surface area contributed by atoms with E-state index in [0.29, 0.717) is 6.42 Å². The molecule has 416 valence electrons. The van der Waals surface area contributed by atoms with Gasteiger partial charge in [-0.1, -0.05) is 306 Å². The van der Waals surface area contributed by atoms with E-state index in [1.54, 1.807) is 6.08 Å². The van der Waals surface area contributed by atoms with Gasteiger partial charge in [0.2, 0.25) is 5.91 Å². The second-order valence-corrected chi connectivity index (χ2v) is 21.6. The molecule has 0 rings (SSSR count). The number of aliphatic hydroxyl groups excluding tert-OH is 3. The molecule has 0 heterocycles. The molecule has 71 heavy (non-hydrogen) atoms. The molecule has 0 saturated heterocycles. The number of amides is 1. The second kappa shape index (κ2) is 60.6. The average Bonchev–Trinajstić information content (AvgIpc) is 3.37. The van der Waals surface area contributed by atoms with Gasteiger partial charge in [0.05, 0.1) is 31.3 Å². The van der Waals surface area contributed by atoms with E-state index >= 15 is 0 Å². The van der Waals surface area contributed by atoms with Crippen molar-refractivity contribution in [2.75, 3.05) is 6.61 Å². The van der Waals surface area contributed by atoms with E-state index in [0.717, 1.165) is 44.9 Å². The van der Waals surface area contributed by atoms with Crippen molar-refractivity contribution in [3.8, 4) is 0 Å². The highest BCUT2D eigenvalue weighted by Crippen LogP contribution is 2.17. The molecule has 3 unspecified atom stereocenters. The molecule has 0 spiro atoms. The van der Waals surface area contributed by atoms with Crippen LogP contribution in [0, 0.1) is 0 Å². The predicted molar refractivity (Wildman–Crippen MR) is 314 cm³/mol. The number of nitrogens with one attached hydrogen (secondary N) is 1. The lowest BCUT2D eigenvalue weighted by molar-refractivity contribution is -0.124. The number of hydrogen-bond acceptors (Lipinski definition) is 4. The largest absolute Gasteiger partial charge is 0.394 e. The van der Waals surface area contributed by atoms with Gasteiger partial charge in [0.1, 0.15) is 0 Å². The summed E-state index contributed by atoms with van der Waals surface area (Å²) in [5.74, 6) is -0.327. The average molecular weight is 995 g/mol. The molecule has 4 N–H and O–H groups in total. The Labute approximate surface area is 443 Å². The molecule has 0 bridgehead atoms. The van der Waals surface area contributed by atoms with Gasteiger partial charge in [0.25, 0.3) is 0 Å². The summed E-state index contributed by atoms with van der Waals surface area (Å²) in [5, 5.41) is 33.5. The van der Waals surface area contributed by atoms with Crippen LogP contribution in [0.5, 0.6) is 0 Å². The van der Waals surface area contributed by atoms with E-state index in [-0.39, 0.29) is 18.9 Å². The zero-order valence-corrected chi connectivity index (χ0v) is 47.6. The molecule has 0 aliphatic carbocycles. The maximum absolute atomic E-state index is 12.5. The molecule has 0 saturated carbocycles. The third kappa shape index (κ3) is 57.2. The Morgan fingerprint density at radius 3 is 0.986 bits per heavy atom. The van der Waals surface area contributed by atoms with Gasteiger partial charge in [-0.15, -0.1) is 0 Å². The van der Waals surface area contributed by atoms with Gasteiger partial charge in [-0.2, -0.15) is 0 Å². The van der Waals surface area contributed by atoms with Crippen molar-refractivity contribution in [3.05, 3.63) is 60.8 Å². The third-order valence-electron chi connectivity index (χ3n) is 14.5. The summed E-state index contributed by atoms with van der Waals surface area (Å²) < 4.78 is 0. The van der Waals surface area contributed by atoms with Crippen LogP contribution < -0.4 is 5.32 Å². The Hall–Kier alpha value is -1.95. The lowest BCUT2D eigenvalue weighted by atomic mass is 10.0. The van der Waals surface area contributed by atoms with Gasteiger partial charge in [0, 0.05) is 0 Å². The van der Waals surface area contributed by atoms with Crippen LogP contribution in [-0.4, -0.2) is 46.1 Å². The Kier molecular flexibility index (Phi) is 58.9. The molecule has 3 atom stereocenters. The van der Waals surface area contributed by atoms with E-state index in [1.807, 2.05) is 6.08 Å². The quantitative estimate of drug-likeness (QED) is 0.0361. The molecule has 5 nitrogen and oxygen atoms in total. The van der Waals surface area contributed by atoms with E-state index in [1.165, 1.54) is 257 Å². The zero-order valence-electron chi connectivity index (χ0n) is 47.6. The number of unbranched alkanes of at least 4 members (excludes halogenated alkanes) is 41. The molecule has 5 heteroatoms. The van der Waals surface area contributed by atoms with Crippen molar-refractivity contribution in [2.24, 2.45) is 0 Å². The van der Waals surface area contributed by atoms with Crippen molar-refractivity contribution in [1.82, 2.24) is 5.32 Å². The Bertz CT molecular complexity index is 1190. The van der Waals surface area contributed by atoms with Gasteiger partial charge in [-0.05, 0) is 77.0 Å². The van der Waals surface area contributed by atoms with Crippen molar-refractivity contribution in [2.45, 2.75) is 347 Å². The molecule has 0 aromatic rings. The highest BCUT2D eigenvalue weighted by atomic mass is 16.3. The summed E-state index contributed by atoms with van der Waals surface area (Å²) >= 11 is 0. The standard InChI is InChI=1S/C66H123NO4/c1-3-5-7-9-11-13-15-17-19-21-23-24-25-26-27-28-29-30-31-32-33-34-35-36-37-38-39-40-42-43-45-47-49-51-53-55-57-59-63(69)61-66(71)67-64(62-68)65(70)60-58-56-54-52-50-48-46-44-41-22-20-18-16-14-12-10-8-6-4-2/h29-30,32-33,41,44,50,52,58,60,63-65,68-70H,3-28,31,34-40,42-43,45-49,51,53-57,59,61-62H2,1-2H3,(H,67,71)/b30-29-,33-32-,44-41+,52-50+,60-58+. The topological polar surface area (TPSA) is 89.8 Å². The Morgan fingerprint density at radius 2 is 0.648 bits per heavy atom. The first-order valence-corrected chi connectivity index (χ1v) is 31.6. The molecular weight excluding hydrogens is 871 g/mol. The smallest absolute Gasteiger partial charge is 0.222 e. The van der Waals surface area contributed by atoms with Crippen molar-refractivity contribution >= 4 is 5.91 Å². The monoisotopic (exact) mass is 994 g/mol. The van der Waals surface area contributed by atoms with Crippen LogP contribution in [0.3, 0.4) is 0 Å². The van der Waals surface area contributed by atoms with Gasteiger partial charge in [-0.25, -0.2) is 0 Å². The number of carbonyl (C=O) groups is 1. The number of allylic oxidation sites excluding steroid dienone is 9. The van der Waals surface area contributed by atoms with Crippen molar-refractivity contribution in [1.29, 1.82) is 0 Å². The van der Waals surface area contributed by atoms with E-state index < -0.39 is 18.2 Å². The van der Waals surface area contributed by atoms with Crippen LogP contribution in [0.4, 0.5) is 0 Å². The fraction of sp³-hybridized carbons (Fsp3) is 0.833. The molecule has 0 aliphatic heterocycles. The summed E-state index contributed by atoms with van der Waals surface area (Å²) in [6.07, 6.45) is 83.1. The number of hydrogen-bond donors (Lipinski definition) is 4. The lowest BCUT2D eigenvalue weighted by Gasteiger charge is -2.21. The van der Waals surface area contributed by atoms with E-state index in [9.17, 15) is 20.1 Å². The third-order valence-corrected chi connectivity index (χ3v) is 14.5. The first-order chi connectivity index (χ1) is 35.0. The molecule has 0 fully saturated rings. The summed E-state index contributed by atoms with van der Waals surface area (Å²) in [6.45, 7) is 4.22. The van der Waals surface area contributed by atoms with E-state index in [4.69, 9.17) is 0 Å². The van der Waals surface area contributed by atoms with Gasteiger partial charge < -0.3 is 20.6 Å². The second-order valence-electron chi connectivity index (χ2n) is 21.6. The van der Waals surface area contributed by atoms with Crippen LogP contribution in [0.2, 0.25) is 0 Å². The van der Waals surface area contributed by atoms with Crippen LogP contribution in [-0.2, 0) is 4.79 Å². The summed E-state index contributed by atoms with van der Waals surface area (Å²) in [4.78, 5) is 12.5. The van der Waals surface area contributed by atoms with E-state index in [2.05, 4.69) is 67.8 Å². The normalized spacial score (nSPS) is 13.6. The van der Waals surface area contributed by atoms with Crippen LogP contribution in [0.15, 0.2) is 60.8 Å². The molecular formula is C66H123NO4. The van der Waals surface area contributed by atoms with Crippen molar-refractivity contribution < 1.29 is 20.1 Å². The van der Waals surface area contributed by atoms with Crippen LogP contribution in [0.1, 0.15) is 328 Å². The first kappa shape index (κ1) is 69.0. The summed E-state index contributed by atoms with van der Waals surface area (Å²) in [5.41, 5.74) is 0. The van der Waals surface area contributed by atoms with Gasteiger partial charge in [0.15, 0.2) is 0 Å². The minimum Gasteiger partial charge on any atom is -0.394 e. The maximum Gasteiger partial charge on any atom is 0.222 e. The fourth-order valence-corrected chi connectivity index (χ4v) is 9.70. The molecule has 0 aromatic heterocycles. The molecule has 0 radical (unpaired) electrons. The van der Waals surface area contributed by atoms with Crippen molar-refractivity contribution in [3.63, 3.8) is 0 Å². The number of aliphatic hydroxyl groups is 3. The summed E-state index contributed by atoms with van der Waals surface area (Å²) in [6, 6.07) is -0.770. The molecule has 1 amide bonds. The minimum absolute atomic E-state index is 0.00163. The fourth-order valence-electron chi connectivity index (χ4n) is 9.70. The van der Waals surface area contributed by atoms with Gasteiger partial charge >= 0.3 is 0 Å². The minimum atomic E-state index is -0.963. The predicted octanol–water partition coefficient (Wildman–Crippen LogP) is 20.1. The highest BCUT2D eigenvalue weighted by molar-refractivity contribution is 5.76.